The van der Waals surface area contributed by atoms with Crippen LogP contribution in [0, 0.1) is 0 Å². The molecular formula is C17H20N2O2. The van der Waals surface area contributed by atoms with Crippen LogP contribution in [0.25, 0.3) is 10.8 Å². The van der Waals surface area contributed by atoms with Gasteiger partial charge in [-0.15, -0.1) is 6.58 Å². The zero-order valence-corrected chi connectivity index (χ0v) is 12.6. The highest BCUT2D eigenvalue weighted by Gasteiger charge is 2.24. The number of carboxylic acid groups (broad SMARTS) is 1. The smallest absolute Gasteiger partial charge is 0.337 e. The second-order valence-electron chi connectivity index (χ2n) is 5.92. The van der Waals surface area contributed by atoms with Crippen LogP contribution in [0.15, 0.2) is 43.1 Å². The first-order valence-corrected chi connectivity index (χ1v) is 6.86. The molecule has 0 atom stereocenters. The molecule has 1 aromatic carbocycles. The first-order valence-electron chi connectivity index (χ1n) is 6.86. The van der Waals surface area contributed by atoms with E-state index in [0.717, 1.165) is 11.2 Å². The molecule has 110 valence electrons. The average molecular weight is 284 g/mol. The number of hydrogen-bond donors (Lipinski definition) is 1. The van der Waals surface area contributed by atoms with Gasteiger partial charge in [-0.25, -0.2) is 9.78 Å². The van der Waals surface area contributed by atoms with E-state index in [1.165, 1.54) is 6.20 Å². The van der Waals surface area contributed by atoms with E-state index >= 15 is 0 Å². The third-order valence-corrected chi connectivity index (χ3v) is 3.38. The van der Waals surface area contributed by atoms with Gasteiger partial charge < -0.3 is 10.0 Å². The summed E-state index contributed by atoms with van der Waals surface area (Å²) in [5.74, 6) is -0.181. The molecule has 0 fully saturated rings. The molecule has 2 rings (SSSR count). The molecule has 0 aliphatic rings. The standard InChI is InChI=1S/C17H20N2O2/c1-5-10-19(17(2,3)4)15-13-9-7-6-8-12(13)14(11-18-15)16(20)21/h5-9,11H,1,10H2,2-4H3,(H,20,21). The van der Waals surface area contributed by atoms with E-state index in [4.69, 9.17) is 0 Å². The number of anilines is 1. The molecule has 2 aromatic rings. The van der Waals surface area contributed by atoms with Crippen LogP contribution >= 0.6 is 0 Å². The normalized spacial score (nSPS) is 11.4. The maximum Gasteiger partial charge on any atom is 0.337 e. The molecule has 1 N–H and O–H groups in total. The summed E-state index contributed by atoms with van der Waals surface area (Å²) in [5, 5.41) is 10.8. The molecule has 0 bridgehead atoms. The van der Waals surface area contributed by atoms with Crippen molar-refractivity contribution in [1.29, 1.82) is 0 Å². The largest absolute Gasteiger partial charge is 0.478 e. The van der Waals surface area contributed by atoms with Crippen molar-refractivity contribution >= 4 is 22.6 Å². The van der Waals surface area contributed by atoms with Gasteiger partial charge in [0.2, 0.25) is 0 Å². The SMILES string of the molecule is C=CCN(c1ncc(C(=O)O)c2ccccc12)C(C)(C)C. The quantitative estimate of drug-likeness (QED) is 0.869. The van der Waals surface area contributed by atoms with Gasteiger partial charge in [0, 0.05) is 29.1 Å². The fourth-order valence-corrected chi connectivity index (χ4v) is 2.37. The Morgan fingerprint density at radius 1 is 1.33 bits per heavy atom. The topological polar surface area (TPSA) is 53.4 Å². The molecule has 0 amide bonds. The van der Waals surface area contributed by atoms with E-state index < -0.39 is 5.97 Å². The van der Waals surface area contributed by atoms with E-state index in [2.05, 4.69) is 37.2 Å². The third kappa shape index (κ3) is 2.89. The van der Waals surface area contributed by atoms with Crippen molar-refractivity contribution in [3.63, 3.8) is 0 Å². The molecule has 4 heteroatoms. The van der Waals surface area contributed by atoms with Gasteiger partial charge in [-0.05, 0) is 20.8 Å². The van der Waals surface area contributed by atoms with Gasteiger partial charge >= 0.3 is 5.97 Å². The maximum absolute atomic E-state index is 11.3. The molecule has 0 spiro atoms. The number of carboxylic acids is 1. The Balaban J connectivity index is 2.73. The molecule has 0 radical (unpaired) electrons. The van der Waals surface area contributed by atoms with Crippen LogP contribution in [0.5, 0.6) is 0 Å². The molecule has 0 saturated heterocycles. The highest BCUT2D eigenvalue weighted by Crippen LogP contribution is 2.31. The van der Waals surface area contributed by atoms with Gasteiger partial charge in [-0.2, -0.15) is 0 Å². The number of rotatable bonds is 4. The van der Waals surface area contributed by atoms with Crippen LogP contribution in [0.1, 0.15) is 31.1 Å². The summed E-state index contributed by atoms with van der Waals surface area (Å²) in [6.07, 6.45) is 3.26. The summed E-state index contributed by atoms with van der Waals surface area (Å²) < 4.78 is 0. The van der Waals surface area contributed by atoms with E-state index in [-0.39, 0.29) is 11.1 Å². The highest BCUT2D eigenvalue weighted by molar-refractivity contribution is 6.06. The summed E-state index contributed by atoms with van der Waals surface area (Å²) in [6, 6.07) is 7.46. The maximum atomic E-state index is 11.3. The third-order valence-electron chi connectivity index (χ3n) is 3.38. The molecule has 21 heavy (non-hydrogen) atoms. The number of fused-ring (bicyclic) bond motifs is 1. The summed E-state index contributed by atoms with van der Waals surface area (Å²) >= 11 is 0. The van der Waals surface area contributed by atoms with Crippen LogP contribution < -0.4 is 4.90 Å². The number of nitrogens with zero attached hydrogens (tertiary/aromatic N) is 2. The minimum absolute atomic E-state index is 0.144. The van der Waals surface area contributed by atoms with E-state index in [9.17, 15) is 9.90 Å². The lowest BCUT2D eigenvalue weighted by atomic mass is 10.0. The summed E-state index contributed by atoms with van der Waals surface area (Å²) in [4.78, 5) is 17.9. The number of benzene rings is 1. The number of hydrogen-bond acceptors (Lipinski definition) is 3. The lowest BCUT2D eigenvalue weighted by Crippen LogP contribution is -2.42. The molecule has 0 aliphatic carbocycles. The van der Waals surface area contributed by atoms with Crippen LogP contribution in [0.2, 0.25) is 0 Å². The summed E-state index contributed by atoms with van der Waals surface area (Å²) in [6.45, 7) is 10.7. The summed E-state index contributed by atoms with van der Waals surface area (Å²) in [7, 11) is 0. The fourth-order valence-electron chi connectivity index (χ4n) is 2.37. The van der Waals surface area contributed by atoms with Crippen molar-refractivity contribution in [2.45, 2.75) is 26.3 Å². The number of carbonyl (C=O) groups is 1. The predicted octanol–water partition coefficient (Wildman–Crippen LogP) is 3.72. The zero-order valence-electron chi connectivity index (χ0n) is 12.6. The minimum Gasteiger partial charge on any atom is -0.478 e. The first kappa shape index (κ1) is 15.0. The van der Waals surface area contributed by atoms with Crippen molar-refractivity contribution < 1.29 is 9.90 Å². The van der Waals surface area contributed by atoms with Gasteiger partial charge in [-0.1, -0.05) is 30.3 Å². The Morgan fingerprint density at radius 3 is 2.48 bits per heavy atom. The first-order chi connectivity index (χ1) is 9.86. The Morgan fingerprint density at radius 2 is 1.95 bits per heavy atom. The van der Waals surface area contributed by atoms with Crippen LogP contribution in [-0.2, 0) is 0 Å². The number of pyridine rings is 1. The monoisotopic (exact) mass is 284 g/mol. The van der Waals surface area contributed by atoms with Crippen LogP contribution in [-0.4, -0.2) is 28.1 Å². The fraction of sp³-hybridized carbons (Fsp3) is 0.294. The van der Waals surface area contributed by atoms with Gasteiger partial charge in [0.05, 0.1) is 5.56 Å². The lowest BCUT2D eigenvalue weighted by Gasteiger charge is -2.36. The molecule has 1 heterocycles. The van der Waals surface area contributed by atoms with Gasteiger partial charge in [0.1, 0.15) is 5.82 Å². The zero-order chi connectivity index (χ0) is 15.6. The van der Waals surface area contributed by atoms with Gasteiger partial charge in [0.25, 0.3) is 0 Å². The lowest BCUT2D eigenvalue weighted by molar-refractivity contribution is 0.0698. The molecule has 1 aromatic heterocycles. The molecule has 0 unspecified atom stereocenters. The van der Waals surface area contributed by atoms with Crippen LogP contribution in [0.3, 0.4) is 0 Å². The van der Waals surface area contributed by atoms with Crippen molar-refractivity contribution in [2.24, 2.45) is 0 Å². The number of aromatic nitrogens is 1. The second kappa shape index (κ2) is 5.56. The van der Waals surface area contributed by atoms with E-state index in [1.807, 2.05) is 30.3 Å². The predicted molar refractivity (Wildman–Crippen MR) is 86.0 cm³/mol. The summed E-state index contributed by atoms with van der Waals surface area (Å²) in [5.41, 5.74) is 0.0798. The van der Waals surface area contributed by atoms with Crippen molar-refractivity contribution in [1.82, 2.24) is 4.98 Å². The number of aromatic carboxylic acids is 1. The van der Waals surface area contributed by atoms with Crippen LogP contribution in [0.4, 0.5) is 5.82 Å². The molecule has 4 nitrogen and oxygen atoms in total. The Kier molecular flexibility index (Phi) is 3.98. The Labute approximate surface area is 124 Å². The second-order valence-corrected chi connectivity index (χ2v) is 5.92. The Bertz CT molecular complexity index is 687. The van der Waals surface area contributed by atoms with Crippen molar-refractivity contribution in [3.8, 4) is 0 Å². The van der Waals surface area contributed by atoms with Crippen molar-refractivity contribution in [3.05, 3.63) is 48.7 Å². The highest BCUT2D eigenvalue weighted by atomic mass is 16.4. The van der Waals surface area contributed by atoms with Crippen molar-refractivity contribution in [2.75, 3.05) is 11.4 Å². The van der Waals surface area contributed by atoms with E-state index in [0.29, 0.717) is 11.9 Å². The minimum atomic E-state index is -0.962. The van der Waals surface area contributed by atoms with E-state index in [1.54, 1.807) is 0 Å². The van der Waals surface area contributed by atoms with Gasteiger partial charge in [0.15, 0.2) is 0 Å². The average Bonchev–Trinajstić information content (AvgIpc) is 2.42. The van der Waals surface area contributed by atoms with Gasteiger partial charge in [-0.3, -0.25) is 0 Å². The molecular weight excluding hydrogens is 264 g/mol. The Hall–Kier alpha value is -2.36. The molecule has 0 aliphatic heterocycles. The molecule has 0 saturated carbocycles.